The van der Waals surface area contributed by atoms with Crippen LogP contribution in [-0.2, 0) is 10.0 Å². The van der Waals surface area contributed by atoms with Gasteiger partial charge in [-0.2, -0.15) is 0 Å². The van der Waals surface area contributed by atoms with Gasteiger partial charge in [-0.1, -0.05) is 29.5 Å². The van der Waals surface area contributed by atoms with Gasteiger partial charge in [-0.05, 0) is 36.8 Å². The molecule has 3 N–H and O–H groups in total. The molecule has 0 saturated heterocycles. The number of sulfonamides is 1. The van der Waals surface area contributed by atoms with E-state index in [4.69, 9.17) is 5.14 Å². The van der Waals surface area contributed by atoms with Crippen LogP contribution < -0.4 is 10.5 Å². The van der Waals surface area contributed by atoms with E-state index in [-0.39, 0.29) is 4.90 Å². The van der Waals surface area contributed by atoms with Crippen LogP contribution >= 0.6 is 11.3 Å². The van der Waals surface area contributed by atoms with Crippen molar-refractivity contribution >= 4 is 42.4 Å². The molecule has 0 aliphatic rings. The quantitative estimate of drug-likeness (QED) is 0.777. The molecule has 0 bridgehead atoms. The van der Waals surface area contributed by atoms with Crippen LogP contribution in [0.4, 0.5) is 10.8 Å². The van der Waals surface area contributed by atoms with E-state index in [1.165, 1.54) is 23.5 Å². The smallest absolute Gasteiger partial charge is 0.238 e. The Kier molecular flexibility index (Phi) is 3.40. The van der Waals surface area contributed by atoms with E-state index in [1.807, 2.05) is 25.1 Å². The van der Waals surface area contributed by atoms with Gasteiger partial charge < -0.3 is 5.32 Å². The van der Waals surface area contributed by atoms with Crippen LogP contribution in [0, 0.1) is 6.92 Å². The van der Waals surface area contributed by atoms with Gasteiger partial charge in [0.25, 0.3) is 0 Å². The molecular formula is C14H13N3O2S2. The van der Waals surface area contributed by atoms with Crippen molar-refractivity contribution in [1.29, 1.82) is 0 Å². The highest BCUT2D eigenvalue weighted by atomic mass is 32.2. The van der Waals surface area contributed by atoms with Crippen molar-refractivity contribution in [2.75, 3.05) is 5.32 Å². The van der Waals surface area contributed by atoms with Crippen molar-refractivity contribution in [3.8, 4) is 0 Å². The van der Waals surface area contributed by atoms with Gasteiger partial charge in [0.2, 0.25) is 10.0 Å². The van der Waals surface area contributed by atoms with E-state index in [1.54, 1.807) is 12.1 Å². The summed E-state index contributed by atoms with van der Waals surface area (Å²) in [5.74, 6) is 0. The number of hydrogen-bond donors (Lipinski definition) is 2. The number of nitrogens with zero attached hydrogens (tertiary/aromatic N) is 1. The highest BCUT2D eigenvalue weighted by Gasteiger charge is 2.10. The fourth-order valence-corrected chi connectivity index (χ4v) is 3.54. The first-order valence-corrected chi connectivity index (χ1v) is 8.56. The first-order valence-electron chi connectivity index (χ1n) is 6.19. The molecule has 0 spiro atoms. The summed E-state index contributed by atoms with van der Waals surface area (Å²) in [6, 6.07) is 12.4. The van der Waals surface area contributed by atoms with Crippen LogP contribution in [0.2, 0.25) is 0 Å². The molecular weight excluding hydrogens is 306 g/mol. The van der Waals surface area contributed by atoms with Crippen LogP contribution in [-0.4, -0.2) is 13.4 Å². The van der Waals surface area contributed by atoms with Gasteiger partial charge in [0.1, 0.15) is 0 Å². The summed E-state index contributed by atoms with van der Waals surface area (Å²) < 4.78 is 23.8. The predicted octanol–water partition coefficient (Wildman–Crippen LogP) is 3.00. The molecule has 5 nitrogen and oxygen atoms in total. The second kappa shape index (κ2) is 5.10. The Morgan fingerprint density at radius 3 is 2.67 bits per heavy atom. The number of primary sulfonamides is 1. The highest BCUT2D eigenvalue weighted by Crippen LogP contribution is 2.30. The standard InChI is InChI=1S/C14H13N3O2S2/c1-9-4-2-7-12-13(9)17-14(20-12)16-10-5-3-6-11(8-10)21(15,18)19/h2-8H,1H3,(H,16,17)(H2,15,18,19). The summed E-state index contributed by atoms with van der Waals surface area (Å²) in [5.41, 5.74) is 2.70. The first kappa shape index (κ1) is 14.0. The van der Waals surface area contributed by atoms with Crippen molar-refractivity contribution in [3.63, 3.8) is 0 Å². The molecule has 0 saturated carbocycles. The minimum atomic E-state index is -3.71. The summed E-state index contributed by atoms with van der Waals surface area (Å²) in [6.07, 6.45) is 0. The number of aromatic nitrogens is 1. The number of hydrogen-bond acceptors (Lipinski definition) is 5. The van der Waals surface area contributed by atoms with E-state index in [0.717, 1.165) is 15.8 Å². The summed E-state index contributed by atoms with van der Waals surface area (Å²) in [7, 11) is -3.71. The molecule has 2 aromatic carbocycles. The third-order valence-electron chi connectivity index (χ3n) is 3.03. The molecule has 3 rings (SSSR count). The van der Waals surface area contributed by atoms with Gasteiger partial charge in [-0.15, -0.1) is 0 Å². The van der Waals surface area contributed by atoms with Gasteiger partial charge in [0.05, 0.1) is 15.1 Å². The molecule has 3 aromatic rings. The van der Waals surface area contributed by atoms with Gasteiger partial charge in [0.15, 0.2) is 5.13 Å². The third kappa shape index (κ3) is 2.90. The van der Waals surface area contributed by atoms with Crippen molar-refractivity contribution in [2.45, 2.75) is 11.8 Å². The molecule has 0 unspecified atom stereocenters. The SMILES string of the molecule is Cc1cccc2sc(Nc3cccc(S(N)(=O)=O)c3)nc12. The van der Waals surface area contributed by atoms with Gasteiger partial charge in [-0.3, -0.25) is 0 Å². The van der Waals surface area contributed by atoms with E-state index in [9.17, 15) is 8.42 Å². The Labute approximate surface area is 126 Å². The molecule has 108 valence electrons. The second-order valence-electron chi connectivity index (χ2n) is 4.64. The summed E-state index contributed by atoms with van der Waals surface area (Å²) in [4.78, 5) is 4.60. The zero-order chi connectivity index (χ0) is 15.0. The van der Waals surface area contributed by atoms with Gasteiger partial charge in [-0.25, -0.2) is 18.5 Å². The number of fused-ring (bicyclic) bond motifs is 1. The molecule has 0 aliphatic carbocycles. The van der Waals surface area contributed by atoms with E-state index >= 15 is 0 Å². The molecule has 0 aliphatic heterocycles. The largest absolute Gasteiger partial charge is 0.331 e. The minimum Gasteiger partial charge on any atom is -0.331 e. The zero-order valence-electron chi connectivity index (χ0n) is 11.2. The van der Waals surface area contributed by atoms with Crippen molar-refractivity contribution in [1.82, 2.24) is 4.98 Å². The van der Waals surface area contributed by atoms with E-state index < -0.39 is 10.0 Å². The maximum Gasteiger partial charge on any atom is 0.238 e. The molecule has 0 atom stereocenters. The van der Waals surface area contributed by atoms with Crippen LogP contribution in [0.1, 0.15) is 5.56 Å². The predicted molar refractivity (Wildman–Crippen MR) is 85.5 cm³/mol. The maximum absolute atomic E-state index is 11.4. The number of nitrogens with one attached hydrogen (secondary N) is 1. The fourth-order valence-electron chi connectivity index (χ4n) is 2.01. The number of nitrogens with two attached hydrogens (primary N) is 1. The normalized spacial score (nSPS) is 11.7. The lowest BCUT2D eigenvalue weighted by atomic mass is 10.2. The number of rotatable bonds is 3. The lowest BCUT2D eigenvalue weighted by Gasteiger charge is -2.04. The third-order valence-corrected chi connectivity index (χ3v) is 4.88. The van der Waals surface area contributed by atoms with Crippen LogP contribution in [0.15, 0.2) is 47.4 Å². The first-order chi connectivity index (χ1) is 9.93. The second-order valence-corrected chi connectivity index (χ2v) is 7.23. The van der Waals surface area contributed by atoms with E-state index in [0.29, 0.717) is 10.8 Å². The molecule has 0 fully saturated rings. The lowest BCUT2D eigenvalue weighted by Crippen LogP contribution is -2.12. The molecule has 7 heteroatoms. The summed E-state index contributed by atoms with van der Waals surface area (Å²) >= 11 is 1.52. The number of benzene rings is 2. The van der Waals surface area contributed by atoms with Gasteiger partial charge >= 0.3 is 0 Å². The number of thiazole rings is 1. The van der Waals surface area contributed by atoms with Crippen LogP contribution in [0.3, 0.4) is 0 Å². The topological polar surface area (TPSA) is 85.1 Å². The Morgan fingerprint density at radius 2 is 1.95 bits per heavy atom. The summed E-state index contributed by atoms with van der Waals surface area (Å²) in [6.45, 7) is 2.01. The fraction of sp³-hybridized carbons (Fsp3) is 0.0714. The average Bonchev–Trinajstić information content (AvgIpc) is 2.82. The maximum atomic E-state index is 11.4. The molecule has 1 aromatic heterocycles. The van der Waals surface area contributed by atoms with Crippen LogP contribution in [0.25, 0.3) is 10.2 Å². The Balaban J connectivity index is 1.97. The van der Waals surface area contributed by atoms with E-state index in [2.05, 4.69) is 10.3 Å². The molecule has 21 heavy (non-hydrogen) atoms. The monoisotopic (exact) mass is 319 g/mol. The average molecular weight is 319 g/mol. The van der Waals surface area contributed by atoms with Gasteiger partial charge in [0, 0.05) is 5.69 Å². The molecule has 0 amide bonds. The van der Waals surface area contributed by atoms with Crippen molar-refractivity contribution in [2.24, 2.45) is 5.14 Å². The molecule has 1 heterocycles. The number of aryl methyl sites for hydroxylation is 1. The minimum absolute atomic E-state index is 0.0739. The van der Waals surface area contributed by atoms with Crippen LogP contribution in [0.5, 0.6) is 0 Å². The zero-order valence-corrected chi connectivity index (χ0v) is 12.8. The number of para-hydroxylation sites is 1. The highest BCUT2D eigenvalue weighted by molar-refractivity contribution is 7.89. The lowest BCUT2D eigenvalue weighted by molar-refractivity contribution is 0.598. The Bertz CT molecular complexity index is 917. The molecule has 0 radical (unpaired) electrons. The Hall–Kier alpha value is -1.96. The Morgan fingerprint density at radius 1 is 1.19 bits per heavy atom. The number of anilines is 2. The van der Waals surface area contributed by atoms with Crippen molar-refractivity contribution < 1.29 is 8.42 Å². The summed E-state index contributed by atoms with van der Waals surface area (Å²) in [5, 5.41) is 8.97. The van der Waals surface area contributed by atoms with Crippen molar-refractivity contribution in [3.05, 3.63) is 48.0 Å².